The average molecular weight is 349 g/mol. The van der Waals surface area contributed by atoms with Crippen molar-refractivity contribution in [2.45, 2.75) is 37.7 Å². The van der Waals surface area contributed by atoms with Crippen molar-refractivity contribution in [3.63, 3.8) is 0 Å². The molecule has 1 aromatic carbocycles. The van der Waals surface area contributed by atoms with Crippen LogP contribution in [0.5, 0.6) is 0 Å². The van der Waals surface area contributed by atoms with Crippen LogP contribution in [-0.2, 0) is 27.6 Å². The molecule has 0 aliphatic carbocycles. The van der Waals surface area contributed by atoms with Gasteiger partial charge in [-0.2, -0.15) is 5.10 Å². The molecule has 2 aromatic rings. The van der Waals surface area contributed by atoms with Crippen molar-refractivity contribution in [2.24, 2.45) is 7.05 Å². The van der Waals surface area contributed by atoms with Crippen LogP contribution in [0.4, 0.5) is 0 Å². The van der Waals surface area contributed by atoms with Gasteiger partial charge in [0.1, 0.15) is 0 Å². The average Bonchev–Trinajstić information content (AvgIpc) is 2.93. The minimum Gasteiger partial charge on any atom is -0.373 e. The maximum Gasteiger partial charge on any atom is 0.216 e. The summed E-state index contributed by atoms with van der Waals surface area (Å²) >= 11 is 0. The number of ether oxygens (including phenoxy) is 1. The Morgan fingerprint density at radius 3 is 2.96 bits per heavy atom. The zero-order valence-corrected chi connectivity index (χ0v) is 14.8. The van der Waals surface area contributed by atoms with E-state index in [1.54, 1.807) is 10.9 Å². The Morgan fingerprint density at radius 1 is 1.42 bits per heavy atom. The fourth-order valence-electron chi connectivity index (χ4n) is 3.06. The summed E-state index contributed by atoms with van der Waals surface area (Å²) < 4.78 is 35.2. The van der Waals surface area contributed by atoms with E-state index in [0.717, 1.165) is 16.7 Å². The molecule has 0 saturated carbocycles. The number of sulfonamides is 1. The van der Waals surface area contributed by atoms with Gasteiger partial charge in [0.25, 0.3) is 0 Å². The molecule has 2 atom stereocenters. The third-order valence-electron chi connectivity index (χ3n) is 4.17. The molecule has 7 heteroatoms. The van der Waals surface area contributed by atoms with Gasteiger partial charge < -0.3 is 4.74 Å². The lowest BCUT2D eigenvalue weighted by Crippen LogP contribution is -2.40. The molecule has 1 aliphatic rings. The van der Waals surface area contributed by atoms with Gasteiger partial charge in [-0.1, -0.05) is 29.8 Å². The van der Waals surface area contributed by atoms with Gasteiger partial charge in [0.2, 0.25) is 10.0 Å². The van der Waals surface area contributed by atoms with Gasteiger partial charge >= 0.3 is 0 Å². The molecule has 24 heavy (non-hydrogen) atoms. The third-order valence-corrected chi connectivity index (χ3v) is 5.57. The highest BCUT2D eigenvalue weighted by Gasteiger charge is 2.28. The molecule has 1 fully saturated rings. The van der Waals surface area contributed by atoms with Crippen molar-refractivity contribution >= 4 is 10.0 Å². The van der Waals surface area contributed by atoms with E-state index in [-0.39, 0.29) is 17.9 Å². The Bertz CT molecular complexity index is 801. The molecule has 1 aliphatic heterocycles. The summed E-state index contributed by atoms with van der Waals surface area (Å²) in [6.07, 6.45) is 4.88. The van der Waals surface area contributed by atoms with Crippen molar-refractivity contribution in [2.75, 3.05) is 6.61 Å². The predicted octanol–water partition coefficient (Wildman–Crippen LogP) is 2.07. The van der Waals surface area contributed by atoms with Crippen LogP contribution in [-0.4, -0.2) is 30.8 Å². The summed E-state index contributed by atoms with van der Waals surface area (Å²) in [5.74, 6) is 0.00357. The molecule has 1 N–H and O–H groups in total. The highest BCUT2D eigenvalue weighted by Crippen LogP contribution is 2.28. The number of nitrogens with zero attached hydrogens (tertiary/aromatic N) is 2. The lowest BCUT2D eigenvalue weighted by molar-refractivity contribution is 0.00400. The molecule has 0 radical (unpaired) electrons. The molecule has 0 unspecified atom stereocenters. The largest absolute Gasteiger partial charge is 0.373 e. The maximum absolute atomic E-state index is 12.5. The van der Waals surface area contributed by atoms with E-state index in [0.29, 0.717) is 19.4 Å². The van der Waals surface area contributed by atoms with Gasteiger partial charge in [-0.05, 0) is 25.3 Å². The number of rotatable bonds is 5. The van der Waals surface area contributed by atoms with Crippen molar-refractivity contribution in [1.29, 1.82) is 0 Å². The Hall–Kier alpha value is -1.70. The first-order chi connectivity index (χ1) is 11.4. The molecule has 130 valence electrons. The number of nitrogens with one attached hydrogen (secondary N) is 1. The summed E-state index contributed by atoms with van der Waals surface area (Å²) in [4.78, 5) is 0. The van der Waals surface area contributed by atoms with Gasteiger partial charge in [0.15, 0.2) is 0 Å². The summed E-state index contributed by atoms with van der Waals surface area (Å²) in [5, 5.41) is 4.15. The standard InChI is InChI=1S/C17H23N3O3S/c1-13-4-3-5-14(8-13)12-24(21,22)19-16-6-7-23-17(9-16)15-10-18-20(2)11-15/h3-5,8,10-11,16-17,19H,6-7,9,12H2,1-2H3/t16-,17-/m0/s1. The van der Waals surface area contributed by atoms with Gasteiger partial charge in [0.05, 0.1) is 18.1 Å². The van der Waals surface area contributed by atoms with Crippen LogP contribution < -0.4 is 4.72 Å². The summed E-state index contributed by atoms with van der Waals surface area (Å²) in [7, 11) is -1.52. The number of aryl methyl sites for hydroxylation is 2. The van der Waals surface area contributed by atoms with Crippen LogP contribution >= 0.6 is 0 Å². The van der Waals surface area contributed by atoms with Gasteiger partial charge in [0, 0.05) is 31.5 Å². The molecular weight excluding hydrogens is 326 g/mol. The van der Waals surface area contributed by atoms with Crippen molar-refractivity contribution < 1.29 is 13.2 Å². The normalized spacial score (nSPS) is 21.8. The molecule has 0 bridgehead atoms. The van der Waals surface area contributed by atoms with E-state index in [4.69, 9.17) is 4.74 Å². The SMILES string of the molecule is Cc1cccc(CS(=O)(=O)N[C@H]2CCO[C@H](c3cnn(C)c3)C2)c1. The zero-order valence-electron chi connectivity index (χ0n) is 14.0. The van der Waals surface area contributed by atoms with Crippen LogP contribution in [0.15, 0.2) is 36.7 Å². The van der Waals surface area contributed by atoms with Crippen LogP contribution in [0.3, 0.4) is 0 Å². The lowest BCUT2D eigenvalue weighted by atomic mass is 10.0. The van der Waals surface area contributed by atoms with E-state index in [2.05, 4.69) is 9.82 Å². The maximum atomic E-state index is 12.5. The van der Waals surface area contributed by atoms with Gasteiger partial charge in [-0.25, -0.2) is 13.1 Å². The van der Waals surface area contributed by atoms with Crippen molar-refractivity contribution in [1.82, 2.24) is 14.5 Å². The molecule has 3 rings (SSSR count). The zero-order chi connectivity index (χ0) is 17.2. The topological polar surface area (TPSA) is 73.2 Å². The minimum absolute atomic E-state index is 0.00357. The molecule has 1 aromatic heterocycles. The Kier molecular flexibility index (Phi) is 5.03. The second-order valence-corrected chi connectivity index (χ2v) is 8.15. The van der Waals surface area contributed by atoms with E-state index in [1.807, 2.05) is 44.4 Å². The van der Waals surface area contributed by atoms with Crippen LogP contribution in [0, 0.1) is 6.92 Å². The number of hydrogen-bond acceptors (Lipinski definition) is 4. The van der Waals surface area contributed by atoms with Crippen LogP contribution in [0.1, 0.15) is 35.6 Å². The first-order valence-corrected chi connectivity index (χ1v) is 9.72. The fraction of sp³-hybridized carbons (Fsp3) is 0.471. The molecule has 6 nitrogen and oxygen atoms in total. The first kappa shape index (κ1) is 17.1. The second-order valence-electron chi connectivity index (χ2n) is 6.39. The van der Waals surface area contributed by atoms with E-state index < -0.39 is 10.0 Å². The quantitative estimate of drug-likeness (QED) is 0.897. The highest BCUT2D eigenvalue weighted by molar-refractivity contribution is 7.88. The smallest absolute Gasteiger partial charge is 0.216 e. The number of aromatic nitrogens is 2. The first-order valence-electron chi connectivity index (χ1n) is 8.07. The number of hydrogen-bond donors (Lipinski definition) is 1. The molecular formula is C17H23N3O3S. The van der Waals surface area contributed by atoms with Crippen molar-refractivity contribution in [3.05, 3.63) is 53.3 Å². The van der Waals surface area contributed by atoms with Crippen LogP contribution in [0.2, 0.25) is 0 Å². The molecule has 2 heterocycles. The van der Waals surface area contributed by atoms with Crippen LogP contribution in [0.25, 0.3) is 0 Å². The third kappa shape index (κ3) is 4.43. The fourth-order valence-corrected chi connectivity index (χ4v) is 4.48. The van der Waals surface area contributed by atoms with Crippen molar-refractivity contribution in [3.8, 4) is 0 Å². The molecule has 0 spiro atoms. The van der Waals surface area contributed by atoms with Gasteiger partial charge in [-0.3, -0.25) is 4.68 Å². The Labute approximate surface area is 142 Å². The lowest BCUT2D eigenvalue weighted by Gasteiger charge is -2.29. The summed E-state index contributed by atoms with van der Waals surface area (Å²) in [6, 6.07) is 7.47. The summed E-state index contributed by atoms with van der Waals surface area (Å²) in [6.45, 7) is 2.50. The monoisotopic (exact) mass is 349 g/mol. The van der Waals surface area contributed by atoms with Gasteiger partial charge in [-0.15, -0.1) is 0 Å². The minimum atomic E-state index is -3.38. The Morgan fingerprint density at radius 2 is 2.25 bits per heavy atom. The van der Waals surface area contributed by atoms with E-state index >= 15 is 0 Å². The predicted molar refractivity (Wildman–Crippen MR) is 91.9 cm³/mol. The number of benzene rings is 1. The Balaban J connectivity index is 1.64. The highest BCUT2D eigenvalue weighted by atomic mass is 32.2. The molecule has 0 amide bonds. The second kappa shape index (κ2) is 7.04. The summed E-state index contributed by atoms with van der Waals surface area (Å²) in [5.41, 5.74) is 2.85. The van der Waals surface area contributed by atoms with E-state index in [9.17, 15) is 8.42 Å². The molecule has 1 saturated heterocycles. The van der Waals surface area contributed by atoms with E-state index in [1.165, 1.54) is 0 Å².